The molecule has 0 bridgehead atoms. The van der Waals surface area contributed by atoms with E-state index in [4.69, 9.17) is 27.9 Å². The molecule has 0 spiro atoms. The van der Waals surface area contributed by atoms with E-state index in [-0.39, 0.29) is 27.2 Å². The zero-order valence-corrected chi connectivity index (χ0v) is 12.7. The van der Waals surface area contributed by atoms with Crippen LogP contribution in [0.2, 0.25) is 10.2 Å². The number of carbonyl (C=O) groups excluding carboxylic acids is 1. The van der Waals surface area contributed by atoms with Gasteiger partial charge >= 0.3 is 0 Å². The van der Waals surface area contributed by atoms with Crippen LogP contribution in [0.25, 0.3) is 0 Å². The third-order valence-corrected chi connectivity index (χ3v) is 3.38. The van der Waals surface area contributed by atoms with Crippen molar-refractivity contribution in [2.24, 2.45) is 0 Å². The molecule has 22 heavy (non-hydrogen) atoms. The van der Waals surface area contributed by atoms with Crippen molar-refractivity contribution in [2.45, 2.75) is 0 Å². The second-order valence-electron chi connectivity index (χ2n) is 4.06. The molecule has 114 valence electrons. The van der Waals surface area contributed by atoms with E-state index >= 15 is 0 Å². The van der Waals surface area contributed by atoms with Gasteiger partial charge in [0.15, 0.2) is 0 Å². The normalized spacial score (nSPS) is 10.1. The van der Waals surface area contributed by atoms with Crippen LogP contribution in [-0.4, -0.2) is 22.9 Å². The number of amides is 1. The van der Waals surface area contributed by atoms with E-state index in [1.54, 1.807) is 0 Å². The number of nitrogens with zero attached hydrogens (tertiary/aromatic N) is 2. The molecule has 0 saturated carbocycles. The van der Waals surface area contributed by atoms with E-state index in [1.165, 1.54) is 37.4 Å². The summed E-state index contributed by atoms with van der Waals surface area (Å²) < 4.78 is 4.92. The van der Waals surface area contributed by atoms with E-state index in [2.05, 4.69) is 10.3 Å². The summed E-state index contributed by atoms with van der Waals surface area (Å²) in [5, 5.41) is 13.6. The summed E-state index contributed by atoms with van der Waals surface area (Å²) in [4.78, 5) is 26.3. The SMILES string of the molecule is COc1ccc(NC(=O)c2ccc(Cl)c(Cl)n2)c([N+](=O)[O-])c1. The molecular formula is C13H9Cl2N3O4. The summed E-state index contributed by atoms with van der Waals surface area (Å²) in [6.45, 7) is 0. The Morgan fingerprint density at radius 2 is 2.05 bits per heavy atom. The van der Waals surface area contributed by atoms with Gasteiger partial charge in [-0.25, -0.2) is 4.98 Å². The monoisotopic (exact) mass is 341 g/mol. The maximum Gasteiger partial charge on any atom is 0.296 e. The van der Waals surface area contributed by atoms with E-state index in [9.17, 15) is 14.9 Å². The van der Waals surface area contributed by atoms with Gasteiger partial charge in [0.05, 0.1) is 23.1 Å². The lowest BCUT2D eigenvalue weighted by molar-refractivity contribution is -0.384. The number of nitro benzene ring substituents is 1. The fourth-order valence-corrected chi connectivity index (χ4v) is 1.88. The minimum absolute atomic E-state index is 0.0143. The van der Waals surface area contributed by atoms with Gasteiger partial charge in [0, 0.05) is 0 Å². The number of hydrogen-bond donors (Lipinski definition) is 1. The lowest BCUT2D eigenvalue weighted by Gasteiger charge is -2.07. The van der Waals surface area contributed by atoms with Gasteiger partial charge in [0.25, 0.3) is 11.6 Å². The Bertz CT molecular complexity index is 752. The quantitative estimate of drug-likeness (QED) is 0.521. The Kier molecular flexibility index (Phi) is 4.79. The van der Waals surface area contributed by atoms with E-state index in [0.29, 0.717) is 5.75 Å². The molecule has 0 aliphatic carbocycles. The number of carbonyl (C=O) groups is 1. The molecule has 2 rings (SSSR count). The molecule has 1 amide bonds. The van der Waals surface area contributed by atoms with E-state index < -0.39 is 10.8 Å². The molecular weight excluding hydrogens is 333 g/mol. The van der Waals surface area contributed by atoms with Gasteiger partial charge in [-0.2, -0.15) is 0 Å². The second kappa shape index (κ2) is 6.59. The molecule has 9 heteroatoms. The lowest BCUT2D eigenvalue weighted by atomic mass is 10.2. The van der Waals surface area contributed by atoms with Crippen LogP contribution < -0.4 is 10.1 Å². The molecule has 1 aromatic heterocycles. The van der Waals surface area contributed by atoms with Crippen LogP contribution in [0.1, 0.15) is 10.5 Å². The van der Waals surface area contributed by atoms with Crippen molar-refractivity contribution in [3.05, 3.63) is 56.3 Å². The highest BCUT2D eigenvalue weighted by atomic mass is 35.5. The maximum atomic E-state index is 12.1. The van der Waals surface area contributed by atoms with Crippen LogP contribution in [0.15, 0.2) is 30.3 Å². The predicted molar refractivity (Wildman–Crippen MR) is 81.9 cm³/mol. The molecule has 0 fully saturated rings. The highest BCUT2D eigenvalue weighted by Crippen LogP contribution is 2.29. The van der Waals surface area contributed by atoms with Crippen molar-refractivity contribution < 1.29 is 14.5 Å². The highest BCUT2D eigenvalue weighted by Gasteiger charge is 2.19. The van der Waals surface area contributed by atoms with Crippen molar-refractivity contribution in [3.63, 3.8) is 0 Å². The Morgan fingerprint density at radius 3 is 2.64 bits per heavy atom. The third-order valence-electron chi connectivity index (χ3n) is 2.69. The van der Waals surface area contributed by atoms with E-state index in [1.807, 2.05) is 0 Å². The average Bonchev–Trinajstić information content (AvgIpc) is 2.50. The number of pyridine rings is 1. The highest BCUT2D eigenvalue weighted by molar-refractivity contribution is 6.41. The van der Waals surface area contributed by atoms with Gasteiger partial charge in [0.2, 0.25) is 0 Å². The number of aromatic nitrogens is 1. The first-order chi connectivity index (χ1) is 10.4. The van der Waals surface area contributed by atoms with Crippen LogP contribution in [0, 0.1) is 10.1 Å². The summed E-state index contributed by atoms with van der Waals surface area (Å²) in [5.74, 6) is -0.343. The molecule has 1 heterocycles. The number of ether oxygens (including phenoxy) is 1. The van der Waals surface area contributed by atoms with Crippen LogP contribution >= 0.6 is 23.2 Å². The molecule has 0 unspecified atom stereocenters. The topological polar surface area (TPSA) is 94.4 Å². The molecule has 0 radical (unpaired) electrons. The number of benzene rings is 1. The number of anilines is 1. The first-order valence-corrected chi connectivity index (χ1v) is 6.64. The van der Waals surface area contributed by atoms with Crippen molar-refractivity contribution in [1.29, 1.82) is 0 Å². The standard InChI is InChI=1S/C13H9Cl2N3O4/c1-22-7-2-4-9(11(6-7)18(20)21)17-13(19)10-5-3-8(14)12(15)16-10/h2-6H,1H3,(H,17,19). The minimum atomic E-state index is -0.646. The Hall–Kier alpha value is -2.38. The Morgan fingerprint density at radius 1 is 1.32 bits per heavy atom. The zero-order valence-electron chi connectivity index (χ0n) is 11.2. The van der Waals surface area contributed by atoms with Gasteiger partial charge in [-0.3, -0.25) is 14.9 Å². The summed E-state index contributed by atoms with van der Waals surface area (Å²) in [7, 11) is 1.39. The first kappa shape index (κ1) is 16.0. The predicted octanol–water partition coefficient (Wildman–Crippen LogP) is 3.56. The maximum absolute atomic E-state index is 12.1. The number of hydrogen-bond acceptors (Lipinski definition) is 5. The van der Waals surface area contributed by atoms with Gasteiger partial charge in [0.1, 0.15) is 22.3 Å². The molecule has 0 saturated heterocycles. The molecule has 0 atom stereocenters. The molecule has 1 N–H and O–H groups in total. The third kappa shape index (κ3) is 3.44. The number of nitrogens with one attached hydrogen (secondary N) is 1. The van der Waals surface area contributed by atoms with Gasteiger partial charge in [-0.05, 0) is 24.3 Å². The summed E-state index contributed by atoms with van der Waals surface area (Å²) >= 11 is 11.5. The largest absolute Gasteiger partial charge is 0.496 e. The minimum Gasteiger partial charge on any atom is -0.496 e. The summed E-state index contributed by atoms with van der Waals surface area (Å²) in [6, 6.07) is 6.84. The molecule has 1 aromatic carbocycles. The van der Waals surface area contributed by atoms with Crippen LogP contribution in [0.3, 0.4) is 0 Å². The van der Waals surface area contributed by atoms with E-state index in [0.717, 1.165) is 0 Å². The Balaban J connectivity index is 2.31. The Labute approximate surface area is 135 Å². The molecule has 7 nitrogen and oxygen atoms in total. The van der Waals surface area contributed by atoms with Crippen molar-refractivity contribution >= 4 is 40.5 Å². The molecule has 0 aliphatic heterocycles. The number of rotatable bonds is 4. The smallest absolute Gasteiger partial charge is 0.296 e. The second-order valence-corrected chi connectivity index (χ2v) is 4.83. The van der Waals surface area contributed by atoms with Crippen LogP contribution in [-0.2, 0) is 0 Å². The van der Waals surface area contributed by atoms with Crippen LogP contribution in [0.5, 0.6) is 5.75 Å². The van der Waals surface area contributed by atoms with Gasteiger partial charge in [-0.1, -0.05) is 23.2 Å². The lowest BCUT2D eigenvalue weighted by Crippen LogP contribution is -2.14. The molecule has 2 aromatic rings. The molecule has 0 aliphatic rings. The number of halogens is 2. The average molecular weight is 342 g/mol. The van der Waals surface area contributed by atoms with Crippen LogP contribution in [0.4, 0.5) is 11.4 Å². The van der Waals surface area contributed by atoms with Crippen molar-refractivity contribution in [2.75, 3.05) is 12.4 Å². The first-order valence-electron chi connectivity index (χ1n) is 5.88. The number of methoxy groups -OCH3 is 1. The summed E-state index contributed by atoms with van der Waals surface area (Å²) in [5.41, 5.74) is -0.295. The fourth-order valence-electron chi connectivity index (χ4n) is 1.63. The van der Waals surface area contributed by atoms with Gasteiger partial charge < -0.3 is 10.1 Å². The number of nitro groups is 1. The van der Waals surface area contributed by atoms with Gasteiger partial charge in [-0.15, -0.1) is 0 Å². The van der Waals surface area contributed by atoms with Crippen molar-refractivity contribution in [1.82, 2.24) is 4.98 Å². The van der Waals surface area contributed by atoms with Crippen molar-refractivity contribution in [3.8, 4) is 5.75 Å². The summed E-state index contributed by atoms with van der Waals surface area (Å²) in [6.07, 6.45) is 0. The zero-order chi connectivity index (χ0) is 16.3. The fraction of sp³-hybridized carbons (Fsp3) is 0.0769.